The molecule has 31 heavy (non-hydrogen) atoms. The highest BCUT2D eigenvalue weighted by Crippen LogP contribution is 2.60. The Morgan fingerprint density at radius 1 is 0.903 bits per heavy atom. The van der Waals surface area contributed by atoms with Gasteiger partial charge < -0.3 is 10.2 Å². The maximum Gasteiger partial charge on any atom is 0.227 e. The first-order valence-electron chi connectivity index (χ1n) is 12.4. The Labute approximate surface area is 187 Å². The van der Waals surface area contributed by atoms with Crippen LogP contribution in [0.4, 0.5) is 5.69 Å². The Balaban J connectivity index is 1.18. The van der Waals surface area contributed by atoms with E-state index in [1.165, 1.54) is 44.1 Å². The molecular formula is C27H38N2O2. The van der Waals surface area contributed by atoms with Gasteiger partial charge in [0.1, 0.15) is 0 Å². The molecule has 1 aromatic rings. The average molecular weight is 423 g/mol. The quantitative estimate of drug-likeness (QED) is 0.711. The number of carbonyl (C=O) groups is 2. The van der Waals surface area contributed by atoms with Crippen LogP contribution in [0.25, 0.3) is 0 Å². The van der Waals surface area contributed by atoms with Gasteiger partial charge in [0.2, 0.25) is 11.8 Å². The smallest absolute Gasteiger partial charge is 0.227 e. The van der Waals surface area contributed by atoms with Crippen molar-refractivity contribution < 1.29 is 9.59 Å². The van der Waals surface area contributed by atoms with Crippen molar-refractivity contribution in [1.82, 2.24) is 4.90 Å². The van der Waals surface area contributed by atoms with Crippen LogP contribution in [0.15, 0.2) is 24.3 Å². The third-order valence-corrected chi connectivity index (χ3v) is 8.60. The number of hydrogen-bond acceptors (Lipinski definition) is 2. The van der Waals surface area contributed by atoms with E-state index in [9.17, 15) is 9.59 Å². The highest BCUT2D eigenvalue weighted by molar-refractivity contribution is 5.92. The number of piperidine rings is 1. The number of nitrogens with zero attached hydrogens (tertiary/aromatic N) is 1. The maximum absolute atomic E-state index is 12.8. The lowest BCUT2D eigenvalue weighted by Crippen LogP contribution is -2.48. The first-order valence-corrected chi connectivity index (χ1v) is 12.4. The molecule has 0 unspecified atom stereocenters. The molecule has 1 heterocycles. The molecule has 0 radical (unpaired) electrons. The molecule has 5 aliphatic rings. The first kappa shape index (κ1) is 21.0. The van der Waals surface area contributed by atoms with Gasteiger partial charge in [-0.3, -0.25) is 9.59 Å². The van der Waals surface area contributed by atoms with Gasteiger partial charge in [-0.2, -0.15) is 0 Å². The predicted molar refractivity (Wildman–Crippen MR) is 124 cm³/mol. The number of benzene rings is 1. The van der Waals surface area contributed by atoms with Crippen LogP contribution in [0.5, 0.6) is 0 Å². The monoisotopic (exact) mass is 422 g/mol. The molecule has 6 rings (SSSR count). The zero-order valence-electron chi connectivity index (χ0n) is 19.5. The summed E-state index contributed by atoms with van der Waals surface area (Å²) in [4.78, 5) is 27.2. The van der Waals surface area contributed by atoms with E-state index in [1.54, 1.807) is 0 Å². The second-order valence-corrected chi connectivity index (χ2v) is 12.1. The number of anilines is 1. The molecule has 4 heteroatoms. The lowest BCUT2D eigenvalue weighted by Gasteiger charge is -2.57. The van der Waals surface area contributed by atoms with Gasteiger partial charge in [-0.1, -0.05) is 32.9 Å². The van der Waals surface area contributed by atoms with Crippen molar-refractivity contribution in [2.75, 3.05) is 18.4 Å². The van der Waals surface area contributed by atoms with Crippen molar-refractivity contribution >= 4 is 17.5 Å². The zero-order valence-corrected chi connectivity index (χ0v) is 19.5. The van der Waals surface area contributed by atoms with Gasteiger partial charge in [-0.25, -0.2) is 0 Å². The van der Waals surface area contributed by atoms with Crippen molar-refractivity contribution in [3.8, 4) is 0 Å². The lowest BCUT2D eigenvalue weighted by molar-refractivity contribution is -0.142. The number of likely N-dealkylation sites (tertiary alicyclic amines) is 1. The fraction of sp³-hybridized carbons (Fsp3) is 0.704. The minimum atomic E-state index is -0.354. The summed E-state index contributed by atoms with van der Waals surface area (Å²) < 4.78 is 0. The lowest BCUT2D eigenvalue weighted by atomic mass is 9.48. The molecule has 4 aliphatic carbocycles. The van der Waals surface area contributed by atoms with E-state index in [-0.39, 0.29) is 23.1 Å². The van der Waals surface area contributed by atoms with Crippen LogP contribution in [-0.2, 0) is 15.0 Å². The summed E-state index contributed by atoms with van der Waals surface area (Å²) in [5, 5.41) is 3.14. The molecule has 0 spiro atoms. The molecule has 4 nitrogen and oxygen atoms in total. The molecular weight excluding hydrogens is 384 g/mol. The number of carbonyl (C=O) groups excluding carboxylic acids is 2. The van der Waals surface area contributed by atoms with E-state index in [0.717, 1.165) is 36.3 Å². The fourth-order valence-corrected chi connectivity index (χ4v) is 7.43. The van der Waals surface area contributed by atoms with Crippen molar-refractivity contribution in [1.29, 1.82) is 0 Å². The van der Waals surface area contributed by atoms with Crippen molar-refractivity contribution in [2.45, 2.75) is 77.6 Å². The first-order chi connectivity index (χ1) is 14.7. The standard InChI is InChI=1S/C27H38N2O2/c1-26(2,3)25(31)29-10-8-21(9-11-29)24(30)28-23-6-4-22(5-7-23)27-15-18-12-19(16-27)14-20(13-18)17-27/h4-7,18-21H,8-17H2,1-3H3,(H,28,30). The van der Waals surface area contributed by atoms with Gasteiger partial charge in [0.25, 0.3) is 0 Å². The van der Waals surface area contributed by atoms with E-state index in [2.05, 4.69) is 29.6 Å². The number of hydrogen-bond donors (Lipinski definition) is 1. The molecule has 1 aromatic carbocycles. The van der Waals surface area contributed by atoms with Crippen LogP contribution in [0.3, 0.4) is 0 Å². The van der Waals surface area contributed by atoms with Crippen LogP contribution in [-0.4, -0.2) is 29.8 Å². The minimum absolute atomic E-state index is 0.00755. The molecule has 5 fully saturated rings. The van der Waals surface area contributed by atoms with Gasteiger partial charge in [0.05, 0.1) is 0 Å². The van der Waals surface area contributed by atoms with Crippen LogP contribution in [0, 0.1) is 29.1 Å². The van der Waals surface area contributed by atoms with Gasteiger partial charge in [-0.15, -0.1) is 0 Å². The molecule has 4 saturated carbocycles. The third-order valence-electron chi connectivity index (χ3n) is 8.60. The largest absolute Gasteiger partial charge is 0.342 e. The van der Waals surface area contributed by atoms with E-state index in [4.69, 9.17) is 0 Å². The molecule has 1 saturated heterocycles. The predicted octanol–water partition coefficient (Wildman–Crippen LogP) is 5.38. The summed E-state index contributed by atoms with van der Waals surface area (Å²) in [7, 11) is 0. The number of nitrogens with one attached hydrogen (secondary N) is 1. The Bertz CT molecular complexity index is 808. The number of amides is 2. The van der Waals surface area contributed by atoms with Gasteiger partial charge in [-0.05, 0) is 92.2 Å². The highest BCUT2D eigenvalue weighted by Gasteiger charge is 2.51. The summed E-state index contributed by atoms with van der Waals surface area (Å²) in [5.41, 5.74) is 2.46. The molecule has 0 aromatic heterocycles. The van der Waals surface area contributed by atoms with E-state index >= 15 is 0 Å². The maximum atomic E-state index is 12.8. The van der Waals surface area contributed by atoms with E-state index in [0.29, 0.717) is 18.5 Å². The van der Waals surface area contributed by atoms with E-state index < -0.39 is 0 Å². The van der Waals surface area contributed by atoms with E-state index in [1.807, 2.05) is 25.7 Å². The van der Waals surface area contributed by atoms with Crippen LogP contribution in [0.2, 0.25) is 0 Å². The highest BCUT2D eigenvalue weighted by atomic mass is 16.2. The fourth-order valence-electron chi connectivity index (χ4n) is 7.43. The van der Waals surface area contributed by atoms with Crippen molar-refractivity contribution in [3.05, 3.63) is 29.8 Å². The van der Waals surface area contributed by atoms with Crippen LogP contribution in [0.1, 0.15) is 77.7 Å². The van der Waals surface area contributed by atoms with Crippen LogP contribution >= 0.6 is 0 Å². The molecule has 4 bridgehead atoms. The summed E-state index contributed by atoms with van der Waals surface area (Å²) in [5.74, 6) is 3.12. The second-order valence-electron chi connectivity index (χ2n) is 12.1. The summed E-state index contributed by atoms with van der Waals surface area (Å²) in [6, 6.07) is 8.80. The number of rotatable bonds is 3. The average Bonchev–Trinajstić information content (AvgIpc) is 2.72. The Hall–Kier alpha value is -1.84. The summed E-state index contributed by atoms with van der Waals surface area (Å²) in [6.07, 6.45) is 10.0. The topological polar surface area (TPSA) is 49.4 Å². The minimum Gasteiger partial charge on any atom is -0.342 e. The van der Waals surface area contributed by atoms with Gasteiger partial charge in [0, 0.05) is 30.1 Å². The Kier molecular flexibility index (Phi) is 5.18. The van der Waals surface area contributed by atoms with Crippen molar-refractivity contribution in [2.24, 2.45) is 29.1 Å². The molecule has 1 aliphatic heterocycles. The van der Waals surface area contributed by atoms with Gasteiger partial charge in [0.15, 0.2) is 0 Å². The normalized spacial score (nSPS) is 32.9. The molecule has 0 atom stereocenters. The Morgan fingerprint density at radius 2 is 1.42 bits per heavy atom. The molecule has 2 amide bonds. The second kappa shape index (κ2) is 7.64. The Morgan fingerprint density at radius 3 is 1.90 bits per heavy atom. The molecule has 1 N–H and O–H groups in total. The van der Waals surface area contributed by atoms with Crippen molar-refractivity contribution in [3.63, 3.8) is 0 Å². The zero-order chi connectivity index (χ0) is 21.8. The SMILES string of the molecule is CC(C)(C)C(=O)N1CCC(C(=O)Nc2ccc(C34CC5CC(CC(C5)C3)C4)cc2)CC1. The molecule has 168 valence electrons. The third kappa shape index (κ3) is 4.03. The summed E-state index contributed by atoms with van der Waals surface area (Å²) in [6.45, 7) is 7.24. The van der Waals surface area contributed by atoms with Crippen LogP contribution < -0.4 is 5.32 Å². The van der Waals surface area contributed by atoms with Gasteiger partial charge >= 0.3 is 0 Å². The summed E-state index contributed by atoms with van der Waals surface area (Å²) >= 11 is 0.